The molecule has 1 amide bonds. The summed E-state index contributed by atoms with van der Waals surface area (Å²) < 4.78 is 0. The van der Waals surface area contributed by atoms with Gasteiger partial charge in [-0.25, -0.2) is 0 Å². The first-order valence-corrected chi connectivity index (χ1v) is 10.1. The van der Waals surface area contributed by atoms with Gasteiger partial charge in [0.1, 0.15) is 5.92 Å². The van der Waals surface area contributed by atoms with Crippen molar-refractivity contribution < 1.29 is 4.79 Å². The van der Waals surface area contributed by atoms with Gasteiger partial charge in [-0.2, -0.15) is 10.5 Å². The molecule has 1 spiro atoms. The molecule has 0 radical (unpaired) electrons. The number of hydrogen-bond donors (Lipinski definition) is 1. The van der Waals surface area contributed by atoms with Gasteiger partial charge in [0.25, 0.3) is 0 Å². The molecule has 1 saturated carbocycles. The van der Waals surface area contributed by atoms with E-state index < -0.39 is 11.3 Å². The van der Waals surface area contributed by atoms with E-state index in [9.17, 15) is 15.3 Å². The summed E-state index contributed by atoms with van der Waals surface area (Å²) in [5.41, 5.74) is 0.0884. The normalized spacial score (nSPS) is 29.9. The van der Waals surface area contributed by atoms with Crippen molar-refractivity contribution in [3.05, 3.63) is 10.6 Å². The Morgan fingerprint density at radius 2 is 1.96 bits per heavy atom. The van der Waals surface area contributed by atoms with Crippen LogP contribution in [0.4, 0.5) is 0 Å². The van der Waals surface area contributed by atoms with Gasteiger partial charge in [-0.3, -0.25) is 4.79 Å². The number of nitrogens with one attached hydrogen (secondary N) is 1. The fourth-order valence-corrected chi connectivity index (χ4v) is 4.96. The van der Waals surface area contributed by atoms with Gasteiger partial charge in [-0.1, -0.05) is 33.1 Å². The molecule has 0 bridgehead atoms. The minimum atomic E-state index is -0.732. The van der Waals surface area contributed by atoms with E-state index in [2.05, 4.69) is 31.3 Å². The number of allylic oxidation sites excluding steroid dienone is 1. The fourth-order valence-electron chi connectivity index (χ4n) is 3.84. The van der Waals surface area contributed by atoms with E-state index in [0.29, 0.717) is 16.5 Å². The van der Waals surface area contributed by atoms with Crippen LogP contribution in [-0.4, -0.2) is 11.7 Å². The van der Waals surface area contributed by atoms with Crippen molar-refractivity contribution in [2.24, 2.45) is 17.3 Å². The van der Waals surface area contributed by atoms with Crippen molar-refractivity contribution in [1.82, 2.24) is 5.32 Å². The maximum absolute atomic E-state index is 12.5. The van der Waals surface area contributed by atoms with Crippen LogP contribution in [0.25, 0.3) is 0 Å². The Balaban J connectivity index is 2.24. The minimum Gasteiger partial charge on any atom is -0.319 e. The Labute approximate surface area is 149 Å². The topological polar surface area (TPSA) is 76.7 Å². The van der Waals surface area contributed by atoms with E-state index in [1.54, 1.807) is 11.8 Å². The van der Waals surface area contributed by atoms with Crippen LogP contribution < -0.4 is 5.32 Å². The van der Waals surface area contributed by atoms with Crippen LogP contribution in [0.2, 0.25) is 0 Å². The molecule has 24 heavy (non-hydrogen) atoms. The van der Waals surface area contributed by atoms with Gasteiger partial charge in [0.15, 0.2) is 0 Å². The van der Waals surface area contributed by atoms with Crippen LogP contribution in [-0.2, 0) is 4.79 Å². The first-order valence-electron chi connectivity index (χ1n) is 9.07. The van der Waals surface area contributed by atoms with Gasteiger partial charge >= 0.3 is 0 Å². The van der Waals surface area contributed by atoms with Gasteiger partial charge in [-0.05, 0) is 43.8 Å². The lowest BCUT2D eigenvalue weighted by molar-refractivity contribution is -0.127. The summed E-state index contributed by atoms with van der Waals surface area (Å²) in [4.78, 5) is 12.5. The molecule has 1 heterocycles. The first-order chi connectivity index (χ1) is 11.6. The van der Waals surface area contributed by atoms with E-state index >= 15 is 0 Å². The Kier molecular flexibility index (Phi) is 6.75. The number of carbonyl (C=O) groups is 1. The molecule has 130 valence electrons. The number of nitriles is 2. The monoisotopic (exact) mass is 345 g/mol. The van der Waals surface area contributed by atoms with Crippen LogP contribution in [0.5, 0.6) is 0 Å². The van der Waals surface area contributed by atoms with Gasteiger partial charge in [-0.15, -0.1) is 11.8 Å². The van der Waals surface area contributed by atoms with Crippen LogP contribution in [0.1, 0.15) is 65.2 Å². The molecule has 0 saturated heterocycles. The summed E-state index contributed by atoms with van der Waals surface area (Å²) >= 11 is 1.58. The highest BCUT2D eigenvalue weighted by atomic mass is 32.2. The maximum Gasteiger partial charge on any atom is 0.243 e. The SMILES string of the molecule is CCCCCCSC1=C(C#N)C2(CCC(C)CC2)[C@H](C#N)C(=O)N1. The maximum atomic E-state index is 12.5. The fraction of sp³-hybridized carbons (Fsp3) is 0.737. The van der Waals surface area contributed by atoms with Crippen LogP contribution in [0.15, 0.2) is 10.6 Å². The van der Waals surface area contributed by atoms with Crippen molar-refractivity contribution in [1.29, 1.82) is 10.5 Å². The van der Waals surface area contributed by atoms with Gasteiger partial charge in [0.2, 0.25) is 5.91 Å². The molecule has 2 rings (SSSR count). The number of rotatable bonds is 6. The molecule has 1 aliphatic heterocycles. The highest BCUT2D eigenvalue weighted by molar-refractivity contribution is 8.03. The van der Waals surface area contributed by atoms with E-state index in [0.717, 1.165) is 37.9 Å². The summed E-state index contributed by atoms with van der Waals surface area (Å²) in [5, 5.41) is 22.9. The number of unbranched alkanes of at least 4 members (excludes halogenated alkanes) is 3. The quantitative estimate of drug-likeness (QED) is 0.719. The molecular weight excluding hydrogens is 318 g/mol. The third-order valence-corrected chi connectivity index (χ3v) is 6.52. The zero-order chi connectivity index (χ0) is 17.6. The molecule has 0 aromatic carbocycles. The molecule has 0 unspecified atom stereocenters. The lowest BCUT2D eigenvalue weighted by Gasteiger charge is -2.44. The number of carbonyl (C=O) groups excluding carboxylic acids is 1. The van der Waals surface area contributed by atoms with Gasteiger partial charge in [0.05, 0.1) is 22.7 Å². The van der Waals surface area contributed by atoms with Gasteiger partial charge in [0, 0.05) is 5.41 Å². The second-order valence-electron chi connectivity index (χ2n) is 7.12. The molecule has 4 nitrogen and oxygen atoms in total. The second-order valence-corrected chi connectivity index (χ2v) is 8.22. The molecule has 1 aliphatic carbocycles. The van der Waals surface area contributed by atoms with Crippen molar-refractivity contribution >= 4 is 17.7 Å². The highest BCUT2D eigenvalue weighted by Crippen LogP contribution is 2.53. The Morgan fingerprint density at radius 1 is 1.25 bits per heavy atom. The largest absolute Gasteiger partial charge is 0.319 e. The van der Waals surface area contributed by atoms with Crippen molar-refractivity contribution in [3.63, 3.8) is 0 Å². The third-order valence-electron chi connectivity index (χ3n) is 5.43. The first kappa shape index (κ1) is 18.9. The zero-order valence-corrected chi connectivity index (χ0v) is 15.5. The molecule has 5 heteroatoms. The second kappa shape index (κ2) is 8.58. The molecule has 1 atom stereocenters. The van der Waals surface area contributed by atoms with Crippen molar-refractivity contribution in [3.8, 4) is 12.1 Å². The highest BCUT2D eigenvalue weighted by Gasteiger charge is 2.52. The Bertz CT molecular complexity index is 576. The minimum absolute atomic E-state index is 0.220. The predicted molar refractivity (Wildman–Crippen MR) is 96.5 cm³/mol. The van der Waals surface area contributed by atoms with Gasteiger partial charge < -0.3 is 5.32 Å². The number of hydrogen-bond acceptors (Lipinski definition) is 4. The van der Waals surface area contributed by atoms with Crippen LogP contribution in [0.3, 0.4) is 0 Å². The number of amides is 1. The summed E-state index contributed by atoms with van der Waals surface area (Å²) in [5.74, 6) is 0.557. The summed E-state index contributed by atoms with van der Waals surface area (Å²) in [6.07, 6.45) is 8.16. The average Bonchev–Trinajstić information content (AvgIpc) is 2.57. The molecule has 1 fully saturated rings. The average molecular weight is 346 g/mol. The van der Waals surface area contributed by atoms with Crippen LogP contribution in [0, 0.1) is 39.9 Å². The van der Waals surface area contributed by atoms with E-state index in [4.69, 9.17) is 0 Å². The molecule has 2 aliphatic rings. The van der Waals surface area contributed by atoms with E-state index in [1.165, 1.54) is 19.3 Å². The molecular formula is C19H27N3OS. The number of thioether (sulfide) groups is 1. The third kappa shape index (κ3) is 3.78. The summed E-state index contributed by atoms with van der Waals surface area (Å²) in [6, 6.07) is 4.55. The molecule has 0 aromatic heterocycles. The zero-order valence-electron chi connectivity index (χ0n) is 14.7. The molecule has 1 N–H and O–H groups in total. The van der Waals surface area contributed by atoms with E-state index in [1.807, 2.05) is 0 Å². The smallest absolute Gasteiger partial charge is 0.243 e. The van der Waals surface area contributed by atoms with Crippen LogP contribution >= 0.6 is 11.8 Å². The van der Waals surface area contributed by atoms with Crippen molar-refractivity contribution in [2.75, 3.05) is 5.75 Å². The Hall–Kier alpha value is -1.46. The molecule has 0 aromatic rings. The van der Waals surface area contributed by atoms with E-state index in [-0.39, 0.29) is 5.91 Å². The summed E-state index contributed by atoms with van der Waals surface area (Å²) in [6.45, 7) is 4.39. The summed E-state index contributed by atoms with van der Waals surface area (Å²) in [7, 11) is 0. The lowest BCUT2D eigenvalue weighted by atomic mass is 9.59. The standard InChI is InChI=1S/C19H27N3OS/c1-3-4-5-6-11-24-18-16(13-21)19(9-7-14(2)8-10-19)15(12-20)17(23)22-18/h14-15H,3-11H2,1-2H3,(H,22,23)/t14?,15-,19?/m1/s1. The van der Waals surface area contributed by atoms with Crippen molar-refractivity contribution in [2.45, 2.75) is 65.2 Å². The lowest BCUT2D eigenvalue weighted by Crippen LogP contribution is -2.49. The number of nitrogens with zero attached hydrogens (tertiary/aromatic N) is 2. The Morgan fingerprint density at radius 3 is 2.54 bits per heavy atom. The predicted octanol–water partition coefficient (Wildman–Crippen LogP) is 4.50.